The van der Waals surface area contributed by atoms with E-state index in [4.69, 9.17) is 25.8 Å². The van der Waals surface area contributed by atoms with Crippen molar-refractivity contribution in [2.24, 2.45) is 23.7 Å². The molecule has 0 unspecified atom stereocenters. The number of aryl methyl sites for hydroxylation is 1. The molecule has 5 atom stereocenters. The molecule has 2 aromatic carbocycles. The first-order valence-corrected chi connectivity index (χ1v) is 22.1. The SMILES string of the molecule is CC(C)COC(=O)N1CCN(CCO[C@H]2/C=C/C[C@H](C)[C@@H](C)S(=O)(=O)NC(=O)c3ccc4c(c3)N(CCCCc3cc(Cl)ccc3CO4)C[C@@H]3CC[C@H]32)CC1. The third-order valence-electron chi connectivity index (χ3n) is 11.8. The minimum absolute atomic E-state index is 0.122. The minimum atomic E-state index is -3.96. The number of fused-ring (bicyclic) bond motifs is 3. The first kappa shape index (κ1) is 41.3. The van der Waals surface area contributed by atoms with Gasteiger partial charge in [-0.3, -0.25) is 9.69 Å². The van der Waals surface area contributed by atoms with E-state index in [0.717, 1.165) is 76.1 Å². The Morgan fingerprint density at radius 1 is 1.02 bits per heavy atom. The lowest BCUT2D eigenvalue weighted by atomic mass is 9.70. The van der Waals surface area contributed by atoms with Crippen LogP contribution in [0.3, 0.4) is 0 Å². The predicted molar refractivity (Wildman–Crippen MR) is 216 cm³/mol. The lowest BCUT2D eigenvalue weighted by Gasteiger charge is -2.44. The van der Waals surface area contributed by atoms with Gasteiger partial charge in [-0.05, 0) is 111 Å². The molecule has 55 heavy (non-hydrogen) atoms. The molecule has 0 spiro atoms. The number of hydrogen-bond donors (Lipinski definition) is 1. The van der Waals surface area contributed by atoms with Crippen LogP contribution in [-0.4, -0.2) is 101 Å². The van der Waals surface area contributed by atoms with Crippen LogP contribution in [0.5, 0.6) is 5.75 Å². The highest BCUT2D eigenvalue weighted by atomic mass is 35.5. The Balaban J connectivity index is 1.21. The summed E-state index contributed by atoms with van der Waals surface area (Å²) in [6.45, 7) is 14.0. The summed E-state index contributed by atoms with van der Waals surface area (Å²) in [4.78, 5) is 32.5. The number of halogens is 1. The molecular formula is C42H59ClN4O7S. The highest BCUT2D eigenvalue weighted by molar-refractivity contribution is 7.90. The minimum Gasteiger partial charge on any atom is -0.487 e. The van der Waals surface area contributed by atoms with Crippen LogP contribution >= 0.6 is 11.6 Å². The second kappa shape index (κ2) is 18.7. The summed E-state index contributed by atoms with van der Waals surface area (Å²) in [6.07, 6.45) is 9.26. The molecule has 11 nitrogen and oxygen atoms in total. The molecular weight excluding hydrogens is 740 g/mol. The Morgan fingerprint density at radius 2 is 1.82 bits per heavy atom. The molecule has 2 aromatic rings. The summed E-state index contributed by atoms with van der Waals surface area (Å²) in [7, 11) is -3.96. The van der Waals surface area contributed by atoms with Gasteiger partial charge in [0.1, 0.15) is 12.4 Å². The highest BCUT2D eigenvalue weighted by Gasteiger charge is 2.39. The molecule has 2 bridgehead atoms. The Morgan fingerprint density at radius 3 is 2.56 bits per heavy atom. The van der Waals surface area contributed by atoms with E-state index in [1.807, 2.05) is 39.0 Å². The van der Waals surface area contributed by atoms with Crippen LogP contribution in [-0.2, 0) is 32.5 Å². The molecule has 1 saturated heterocycles. The summed E-state index contributed by atoms with van der Waals surface area (Å²) >= 11 is 6.39. The number of nitrogens with one attached hydrogen (secondary N) is 1. The van der Waals surface area contributed by atoms with Crippen molar-refractivity contribution in [3.63, 3.8) is 0 Å². The summed E-state index contributed by atoms with van der Waals surface area (Å²) in [5.74, 6) is 0.727. The molecule has 3 aliphatic heterocycles. The van der Waals surface area contributed by atoms with Crippen molar-refractivity contribution in [3.05, 3.63) is 70.3 Å². The predicted octanol–water partition coefficient (Wildman–Crippen LogP) is 6.93. The molecule has 0 aromatic heterocycles. The smallest absolute Gasteiger partial charge is 0.409 e. The molecule has 1 saturated carbocycles. The van der Waals surface area contributed by atoms with Gasteiger partial charge in [0.05, 0.1) is 30.3 Å². The van der Waals surface area contributed by atoms with Crippen molar-refractivity contribution >= 4 is 39.3 Å². The van der Waals surface area contributed by atoms with Crippen molar-refractivity contribution in [1.29, 1.82) is 0 Å². The maximum atomic E-state index is 13.6. The van der Waals surface area contributed by atoms with E-state index < -0.39 is 21.2 Å². The average molecular weight is 799 g/mol. The molecule has 3 heterocycles. The quantitative estimate of drug-likeness (QED) is 0.311. The van der Waals surface area contributed by atoms with Crippen LogP contribution < -0.4 is 14.4 Å². The third-order valence-corrected chi connectivity index (χ3v) is 14.0. The molecule has 13 heteroatoms. The number of piperazine rings is 1. The van der Waals surface area contributed by atoms with Crippen molar-refractivity contribution in [3.8, 4) is 5.75 Å². The van der Waals surface area contributed by atoms with Crippen LogP contribution in [0.2, 0.25) is 5.02 Å². The zero-order valence-corrected chi connectivity index (χ0v) is 34.5. The lowest BCUT2D eigenvalue weighted by Crippen LogP contribution is -2.50. The van der Waals surface area contributed by atoms with Gasteiger partial charge in [0.15, 0.2) is 0 Å². The molecule has 1 N–H and O–H groups in total. The van der Waals surface area contributed by atoms with Gasteiger partial charge in [0.2, 0.25) is 10.0 Å². The van der Waals surface area contributed by atoms with Gasteiger partial charge in [-0.25, -0.2) is 17.9 Å². The van der Waals surface area contributed by atoms with Crippen LogP contribution in [0.25, 0.3) is 0 Å². The molecule has 6 rings (SSSR count). The number of carbonyl (C=O) groups excluding carboxylic acids is 2. The number of benzene rings is 2. The number of amides is 2. The van der Waals surface area contributed by atoms with Crippen LogP contribution in [0.4, 0.5) is 10.5 Å². The zero-order chi connectivity index (χ0) is 39.1. The molecule has 1 aliphatic carbocycles. The standard InChI is InChI=1S/C42H59ClN4O7S/c1-29(2)27-54-42(49)46-20-18-45(19-21-46)22-23-52-39-10-7-8-30(3)31(4)55(50,51)44-41(48)33-13-16-40-38(25-33)47(26-34-12-15-37(34)39)17-6-5-9-32-24-36(43)14-11-35(32)28-53-40/h7,10-11,13-14,16,24-25,29-31,34,37,39H,5-6,8-9,12,15,17-23,26-28H2,1-4H3,(H,44,48)/b10-7+/t30-,31+,34-,37+,39-/m0/s1. The summed E-state index contributed by atoms with van der Waals surface area (Å²) in [5.41, 5.74) is 3.33. The van der Waals surface area contributed by atoms with Gasteiger partial charge in [-0.1, -0.05) is 50.6 Å². The average Bonchev–Trinajstić information content (AvgIpc) is 3.17. The number of carbonyl (C=O) groups is 2. The van der Waals surface area contributed by atoms with E-state index in [1.54, 1.807) is 30.0 Å². The fraction of sp³-hybridized carbons (Fsp3) is 0.619. The number of hydrogen-bond acceptors (Lipinski definition) is 9. The number of rotatable bonds is 6. The number of sulfonamides is 1. The molecule has 4 aliphatic rings. The second-order valence-electron chi connectivity index (χ2n) is 16.2. The Hall–Kier alpha value is -3.32. The fourth-order valence-electron chi connectivity index (χ4n) is 7.95. The Labute approximate surface area is 332 Å². The number of allylic oxidation sites excluding steroid dienone is 1. The van der Waals surface area contributed by atoms with Gasteiger partial charge in [-0.2, -0.15) is 0 Å². The monoisotopic (exact) mass is 798 g/mol. The van der Waals surface area contributed by atoms with Gasteiger partial charge in [-0.15, -0.1) is 0 Å². The first-order valence-electron chi connectivity index (χ1n) is 20.1. The normalized spacial score (nSPS) is 27.0. The number of ether oxygens (including phenoxy) is 3. The van der Waals surface area contributed by atoms with E-state index in [2.05, 4.69) is 26.7 Å². The van der Waals surface area contributed by atoms with E-state index in [1.165, 1.54) is 5.56 Å². The molecule has 2 fully saturated rings. The van der Waals surface area contributed by atoms with Gasteiger partial charge < -0.3 is 24.0 Å². The van der Waals surface area contributed by atoms with Gasteiger partial charge in [0, 0.05) is 56.4 Å². The second-order valence-corrected chi connectivity index (χ2v) is 18.7. The van der Waals surface area contributed by atoms with Gasteiger partial charge >= 0.3 is 6.09 Å². The van der Waals surface area contributed by atoms with Crippen molar-refractivity contribution < 1.29 is 32.2 Å². The van der Waals surface area contributed by atoms with Crippen LogP contribution in [0, 0.1) is 23.7 Å². The summed E-state index contributed by atoms with van der Waals surface area (Å²) in [5, 5.41) is -0.0858. The van der Waals surface area contributed by atoms with Crippen LogP contribution in [0.1, 0.15) is 81.3 Å². The zero-order valence-electron chi connectivity index (χ0n) is 32.9. The molecule has 302 valence electrons. The van der Waals surface area contributed by atoms with E-state index in [0.29, 0.717) is 61.9 Å². The van der Waals surface area contributed by atoms with E-state index in [-0.39, 0.29) is 29.6 Å². The van der Waals surface area contributed by atoms with Crippen molar-refractivity contribution in [2.45, 2.75) is 84.2 Å². The first-order chi connectivity index (χ1) is 26.4. The maximum absolute atomic E-state index is 13.6. The molecule has 2 amide bonds. The van der Waals surface area contributed by atoms with Crippen molar-refractivity contribution in [2.75, 3.05) is 63.9 Å². The van der Waals surface area contributed by atoms with Crippen LogP contribution in [0.15, 0.2) is 48.6 Å². The van der Waals surface area contributed by atoms with E-state index >= 15 is 0 Å². The largest absolute Gasteiger partial charge is 0.487 e. The third kappa shape index (κ3) is 10.8. The summed E-state index contributed by atoms with van der Waals surface area (Å²) in [6, 6.07) is 11.2. The Kier molecular flexibility index (Phi) is 14.1. The highest BCUT2D eigenvalue weighted by Crippen LogP contribution is 2.42. The number of anilines is 1. The van der Waals surface area contributed by atoms with Crippen molar-refractivity contribution in [1.82, 2.24) is 14.5 Å². The Bertz CT molecular complexity index is 1780. The molecule has 0 radical (unpaired) electrons. The number of nitrogens with zero attached hydrogens (tertiary/aromatic N) is 3. The topological polar surface area (TPSA) is 118 Å². The summed E-state index contributed by atoms with van der Waals surface area (Å²) < 4.78 is 48.0. The van der Waals surface area contributed by atoms with E-state index in [9.17, 15) is 18.0 Å². The lowest BCUT2D eigenvalue weighted by molar-refractivity contribution is -0.0239. The van der Waals surface area contributed by atoms with Gasteiger partial charge in [0.25, 0.3) is 5.91 Å². The maximum Gasteiger partial charge on any atom is 0.409 e. The fourth-order valence-corrected chi connectivity index (χ4v) is 9.43.